The SMILES string of the molecule is NC1(c2ccc(Cl)cc2)CCN(C(=O)OCc2ccccc2)C1. The number of carbonyl (C=O) groups is 1. The maximum Gasteiger partial charge on any atom is 0.410 e. The Morgan fingerprint density at radius 1 is 1.17 bits per heavy atom. The van der Waals surface area contributed by atoms with Gasteiger partial charge >= 0.3 is 6.09 Å². The van der Waals surface area contributed by atoms with E-state index in [-0.39, 0.29) is 12.7 Å². The molecular formula is C18H19ClN2O2. The summed E-state index contributed by atoms with van der Waals surface area (Å²) in [6.07, 6.45) is 0.379. The molecule has 1 aliphatic heterocycles. The Bertz CT molecular complexity index is 675. The molecule has 2 aromatic rings. The van der Waals surface area contributed by atoms with Gasteiger partial charge in [0.25, 0.3) is 0 Å². The zero-order chi connectivity index (χ0) is 16.3. The molecule has 0 spiro atoms. The first-order chi connectivity index (χ1) is 11.1. The largest absolute Gasteiger partial charge is 0.445 e. The molecule has 2 N–H and O–H groups in total. The lowest BCUT2D eigenvalue weighted by molar-refractivity contribution is 0.102. The molecule has 3 rings (SSSR count). The number of likely N-dealkylation sites (tertiary alicyclic amines) is 1. The summed E-state index contributed by atoms with van der Waals surface area (Å²) in [5.74, 6) is 0. The van der Waals surface area contributed by atoms with E-state index in [4.69, 9.17) is 22.1 Å². The van der Waals surface area contributed by atoms with E-state index in [0.29, 0.717) is 24.5 Å². The van der Waals surface area contributed by atoms with Crippen LogP contribution in [0.1, 0.15) is 17.5 Å². The van der Waals surface area contributed by atoms with Crippen LogP contribution in [0.5, 0.6) is 0 Å². The van der Waals surface area contributed by atoms with Crippen molar-refractivity contribution in [1.82, 2.24) is 4.90 Å². The third-order valence-corrected chi connectivity index (χ3v) is 4.44. The van der Waals surface area contributed by atoms with E-state index in [2.05, 4.69) is 0 Å². The van der Waals surface area contributed by atoms with Crippen molar-refractivity contribution in [3.8, 4) is 0 Å². The van der Waals surface area contributed by atoms with Crippen molar-refractivity contribution in [1.29, 1.82) is 0 Å². The molecule has 2 aromatic carbocycles. The van der Waals surface area contributed by atoms with Crippen molar-refractivity contribution in [2.24, 2.45) is 5.73 Å². The number of amides is 1. The molecule has 0 aromatic heterocycles. The summed E-state index contributed by atoms with van der Waals surface area (Å²) in [5.41, 5.74) is 7.88. The van der Waals surface area contributed by atoms with E-state index in [1.807, 2.05) is 54.6 Å². The van der Waals surface area contributed by atoms with Crippen LogP contribution >= 0.6 is 11.6 Å². The number of ether oxygens (including phenoxy) is 1. The number of benzene rings is 2. The maximum atomic E-state index is 12.2. The zero-order valence-electron chi connectivity index (χ0n) is 12.7. The quantitative estimate of drug-likeness (QED) is 0.936. The van der Waals surface area contributed by atoms with Crippen LogP contribution in [0.3, 0.4) is 0 Å². The Hall–Kier alpha value is -2.04. The Balaban J connectivity index is 1.60. The number of carbonyl (C=O) groups excluding carboxylic acids is 1. The van der Waals surface area contributed by atoms with Gasteiger partial charge in [-0.15, -0.1) is 0 Å². The van der Waals surface area contributed by atoms with Crippen LogP contribution in [-0.4, -0.2) is 24.1 Å². The second kappa shape index (κ2) is 6.60. The van der Waals surface area contributed by atoms with Gasteiger partial charge in [-0.2, -0.15) is 0 Å². The molecule has 0 radical (unpaired) electrons. The standard InChI is InChI=1S/C18H19ClN2O2/c19-16-8-6-15(7-9-16)18(20)10-11-21(13-18)17(22)23-12-14-4-2-1-3-5-14/h1-9H,10-13,20H2. The van der Waals surface area contributed by atoms with Crippen LogP contribution < -0.4 is 5.73 Å². The molecule has 1 atom stereocenters. The molecular weight excluding hydrogens is 312 g/mol. The van der Waals surface area contributed by atoms with Gasteiger partial charge in [0.2, 0.25) is 0 Å². The molecule has 1 amide bonds. The normalized spacial score (nSPS) is 20.5. The van der Waals surface area contributed by atoms with E-state index in [9.17, 15) is 4.79 Å². The first-order valence-corrected chi connectivity index (χ1v) is 7.95. The number of nitrogens with two attached hydrogens (primary N) is 1. The summed E-state index contributed by atoms with van der Waals surface area (Å²) in [6, 6.07) is 17.1. The van der Waals surface area contributed by atoms with Gasteiger partial charge in [0.05, 0.1) is 5.54 Å². The molecule has 0 saturated carbocycles. The number of nitrogens with zero attached hydrogens (tertiary/aromatic N) is 1. The summed E-state index contributed by atoms with van der Waals surface area (Å²) < 4.78 is 5.37. The molecule has 1 unspecified atom stereocenters. The van der Waals surface area contributed by atoms with Gasteiger partial charge in [-0.3, -0.25) is 0 Å². The second-order valence-electron chi connectivity index (χ2n) is 5.87. The van der Waals surface area contributed by atoms with Gasteiger partial charge in [0.15, 0.2) is 0 Å². The van der Waals surface area contributed by atoms with Crippen LogP contribution in [-0.2, 0) is 16.9 Å². The predicted octanol–water partition coefficient (Wildman–Crippen LogP) is 3.54. The lowest BCUT2D eigenvalue weighted by Gasteiger charge is -2.25. The first kappa shape index (κ1) is 15.8. The van der Waals surface area contributed by atoms with E-state index in [1.165, 1.54) is 0 Å². The minimum Gasteiger partial charge on any atom is -0.445 e. The highest BCUT2D eigenvalue weighted by atomic mass is 35.5. The Morgan fingerprint density at radius 2 is 1.87 bits per heavy atom. The number of hydrogen-bond acceptors (Lipinski definition) is 3. The molecule has 1 saturated heterocycles. The van der Waals surface area contributed by atoms with E-state index in [1.54, 1.807) is 4.90 Å². The van der Waals surface area contributed by atoms with Gasteiger partial charge in [0.1, 0.15) is 6.61 Å². The van der Waals surface area contributed by atoms with Crippen molar-refractivity contribution in [2.45, 2.75) is 18.6 Å². The van der Waals surface area contributed by atoms with E-state index >= 15 is 0 Å². The summed E-state index contributed by atoms with van der Waals surface area (Å²) in [5, 5.41) is 0.675. The lowest BCUT2D eigenvalue weighted by atomic mass is 9.90. The number of hydrogen-bond donors (Lipinski definition) is 1. The van der Waals surface area contributed by atoms with Crippen molar-refractivity contribution < 1.29 is 9.53 Å². The molecule has 5 heteroatoms. The van der Waals surface area contributed by atoms with Crippen LogP contribution in [0.2, 0.25) is 5.02 Å². The molecule has 1 heterocycles. The minimum absolute atomic E-state index is 0.273. The van der Waals surface area contributed by atoms with Crippen LogP contribution in [0.4, 0.5) is 4.79 Å². The minimum atomic E-state index is -0.545. The summed E-state index contributed by atoms with van der Waals surface area (Å²) >= 11 is 5.92. The molecule has 0 aliphatic carbocycles. The van der Waals surface area contributed by atoms with E-state index in [0.717, 1.165) is 11.1 Å². The summed E-state index contributed by atoms with van der Waals surface area (Å²) in [7, 11) is 0. The van der Waals surface area contributed by atoms with Gasteiger partial charge < -0.3 is 15.4 Å². The van der Waals surface area contributed by atoms with E-state index < -0.39 is 5.54 Å². The van der Waals surface area contributed by atoms with Crippen LogP contribution in [0.15, 0.2) is 54.6 Å². The van der Waals surface area contributed by atoms with Gasteiger partial charge in [-0.1, -0.05) is 54.1 Å². The van der Waals surface area contributed by atoms with Crippen molar-refractivity contribution in [3.63, 3.8) is 0 Å². The highest BCUT2D eigenvalue weighted by molar-refractivity contribution is 6.30. The third kappa shape index (κ3) is 3.66. The van der Waals surface area contributed by atoms with Crippen LogP contribution in [0, 0.1) is 0 Å². The summed E-state index contributed by atoms with van der Waals surface area (Å²) in [6.45, 7) is 1.31. The number of halogens is 1. The second-order valence-corrected chi connectivity index (χ2v) is 6.31. The van der Waals surface area contributed by atoms with Crippen molar-refractivity contribution in [3.05, 3.63) is 70.7 Å². The lowest BCUT2D eigenvalue weighted by Crippen LogP contribution is -2.41. The molecule has 1 fully saturated rings. The van der Waals surface area contributed by atoms with Crippen LogP contribution in [0.25, 0.3) is 0 Å². The molecule has 23 heavy (non-hydrogen) atoms. The molecule has 1 aliphatic rings. The van der Waals surface area contributed by atoms with Gasteiger partial charge in [0, 0.05) is 18.1 Å². The first-order valence-electron chi connectivity index (χ1n) is 7.57. The number of rotatable bonds is 3. The molecule has 120 valence electrons. The topological polar surface area (TPSA) is 55.6 Å². The highest BCUT2D eigenvalue weighted by Crippen LogP contribution is 2.30. The fourth-order valence-electron chi connectivity index (χ4n) is 2.82. The Labute approximate surface area is 140 Å². The molecule has 0 bridgehead atoms. The average molecular weight is 331 g/mol. The third-order valence-electron chi connectivity index (χ3n) is 4.18. The smallest absolute Gasteiger partial charge is 0.410 e. The fraction of sp³-hybridized carbons (Fsp3) is 0.278. The van der Waals surface area contributed by atoms with Crippen molar-refractivity contribution in [2.75, 3.05) is 13.1 Å². The zero-order valence-corrected chi connectivity index (χ0v) is 13.5. The summed E-state index contributed by atoms with van der Waals surface area (Å²) in [4.78, 5) is 13.9. The predicted molar refractivity (Wildman–Crippen MR) is 90.1 cm³/mol. The van der Waals surface area contributed by atoms with Crippen molar-refractivity contribution >= 4 is 17.7 Å². The van der Waals surface area contributed by atoms with Gasteiger partial charge in [-0.05, 0) is 29.7 Å². The maximum absolute atomic E-state index is 12.2. The Kier molecular flexibility index (Phi) is 4.55. The monoisotopic (exact) mass is 330 g/mol. The highest BCUT2D eigenvalue weighted by Gasteiger charge is 2.38. The van der Waals surface area contributed by atoms with Gasteiger partial charge in [-0.25, -0.2) is 4.79 Å². The fourth-order valence-corrected chi connectivity index (χ4v) is 2.94. The molecule has 4 nitrogen and oxygen atoms in total. The Morgan fingerprint density at radius 3 is 2.57 bits per heavy atom. The average Bonchev–Trinajstić information content (AvgIpc) is 2.98.